The first-order valence-electron chi connectivity index (χ1n) is 9.81. The molecule has 0 radical (unpaired) electrons. The highest BCUT2D eigenvalue weighted by Crippen LogP contribution is 2.33. The van der Waals surface area contributed by atoms with Crippen LogP contribution >= 0.6 is 23.2 Å². The van der Waals surface area contributed by atoms with Gasteiger partial charge in [0.15, 0.2) is 0 Å². The van der Waals surface area contributed by atoms with Crippen molar-refractivity contribution >= 4 is 40.5 Å². The molecule has 1 saturated heterocycles. The molecule has 2 aliphatic rings. The molecule has 0 unspecified atom stereocenters. The Morgan fingerprint density at radius 2 is 1.89 bits per heavy atom. The van der Waals surface area contributed by atoms with E-state index in [9.17, 15) is 9.90 Å². The minimum absolute atomic E-state index is 0.0216. The zero-order valence-corrected chi connectivity index (χ0v) is 17.1. The van der Waals surface area contributed by atoms with E-state index in [-0.39, 0.29) is 17.9 Å². The van der Waals surface area contributed by atoms with Crippen molar-refractivity contribution in [1.29, 1.82) is 0 Å². The van der Waals surface area contributed by atoms with Gasteiger partial charge in [-0.2, -0.15) is 0 Å². The second kappa shape index (κ2) is 8.32. The molecule has 0 aromatic heterocycles. The van der Waals surface area contributed by atoms with Gasteiger partial charge < -0.3 is 15.3 Å². The number of piperidine rings is 1. The molecule has 1 aliphatic heterocycles. The van der Waals surface area contributed by atoms with E-state index in [1.165, 1.54) is 5.56 Å². The number of rotatable bonds is 3. The van der Waals surface area contributed by atoms with Gasteiger partial charge in [0.25, 0.3) is 0 Å². The van der Waals surface area contributed by atoms with Crippen molar-refractivity contribution in [2.24, 2.45) is 5.92 Å². The summed E-state index contributed by atoms with van der Waals surface area (Å²) in [5.74, 6) is 0.0435. The quantitative estimate of drug-likeness (QED) is 0.759. The molecule has 2 aromatic carbocycles. The lowest BCUT2D eigenvalue weighted by atomic mass is 9.88. The van der Waals surface area contributed by atoms with Gasteiger partial charge in [-0.3, -0.25) is 4.79 Å². The minimum Gasteiger partial charge on any atom is -0.393 e. The van der Waals surface area contributed by atoms with Gasteiger partial charge in [0.1, 0.15) is 0 Å². The number of aryl methyl sites for hydroxylation is 1. The van der Waals surface area contributed by atoms with Crippen LogP contribution in [0.4, 0.5) is 11.4 Å². The molecule has 0 spiro atoms. The summed E-state index contributed by atoms with van der Waals surface area (Å²) < 4.78 is 0. The molecule has 2 aromatic rings. The van der Waals surface area contributed by atoms with Gasteiger partial charge in [-0.05, 0) is 61.1 Å². The van der Waals surface area contributed by atoms with Crippen molar-refractivity contribution in [1.82, 2.24) is 0 Å². The van der Waals surface area contributed by atoms with Crippen LogP contribution < -0.4 is 10.2 Å². The maximum atomic E-state index is 12.9. The monoisotopic (exact) mass is 418 g/mol. The third kappa shape index (κ3) is 4.14. The van der Waals surface area contributed by atoms with E-state index < -0.39 is 0 Å². The number of benzene rings is 2. The van der Waals surface area contributed by atoms with Crippen molar-refractivity contribution in [2.75, 3.05) is 23.3 Å². The zero-order chi connectivity index (χ0) is 19.7. The fourth-order valence-electron chi connectivity index (χ4n) is 4.24. The Bertz CT molecular complexity index is 879. The number of aliphatic hydroxyl groups excluding tert-OH is 1. The summed E-state index contributed by atoms with van der Waals surface area (Å²) in [5.41, 5.74) is 4.13. The second-order valence-electron chi connectivity index (χ2n) is 7.69. The van der Waals surface area contributed by atoms with Crippen molar-refractivity contribution in [3.05, 3.63) is 57.6 Å². The highest BCUT2D eigenvalue weighted by molar-refractivity contribution is 6.36. The van der Waals surface area contributed by atoms with E-state index >= 15 is 0 Å². The van der Waals surface area contributed by atoms with Gasteiger partial charge in [0.2, 0.25) is 5.91 Å². The Labute approximate surface area is 175 Å². The van der Waals surface area contributed by atoms with Crippen LogP contribution in [0.5, 0.6) is 0 Å². The second-order valence-corrected chi connectivity index (χ2v) is 8.53. The highest BCUT2D eigenvalue weighted by atomic mass is 35.5. The predicted molar refractivity (Wildman–Crippen MR) is 115 cm³/mol. The number of hydrogen-bond acceptors (Lipinski definition) is 3. The van der Waals surface area contributed by atoms with E-state index in [2.05, 4.69) is 16.3 Å². The lowest BCUT2D eigenvalue weighted by molar-refractivity contribution is -0.120. The van der Waals surface area contributed by atoms with Crippen LogP contribution in [0.25, 0.3) is 0 Å². The number of carbonyl (C=O) groups excluding carboxylic acids is 1. The Kier molecular flexibility index (Phi) is 5.81. The lowest BCUT2D eigenvalue weighted by Gasteiger charge is -2.33. The molecule has 148 valence electrons. The third-order valence-electron chi connectivity index (χ3n) is 5.83. The summed E-state index contributed by atoms with van der Waals surface area (Å²) in [4.78, 5) is 15.1. The number of aliphatic hydroxyl groups is 1. The van der Waals surface area contributed by atoms with E-state index in [0.29, 0.717) is 16.5 Å². The molecule has 28 heavy (non-hydrogen) atoms. The molecule has 1 fully saturated rings. The van der Waals surface area contributed by atoms with Gasteiger partial charge in [0.05, 0.1) is 16.8 Å². The van der Waals surface area contributed by atoms with Crippen LogP contribution in [0, 0.1) is 5.92 Å². The normalized spacial score (nSPS) is 20.0. The molecular formula is C22H24Cl2N2O2. The summed E-state index contributed by atoms with van der Waals surface area (Å²) in [5, 5.41) is 14.4. The molecule has 1 amide bonds. The third-order valence-corrected chi connectivity index (χ3v) is 6.37. The smallest absolute Gasteiger partial charge is 0.227 e. The largest absolute Gasteiger partial charge is 0.393 e. The molecule has 2 N–H and O–H groups in total. The molecule has 4 nitrogen and oxygen atoms in total. The zero-order valence-electron chi connectivity index (χ0n) is 15.6. The first-order valence-corrected chi connectivity index (χ1v) is 10.6. The van der Waals surface area contributed by atoms with Gasteiger partial charge in [-0.15, -0.1) is 0 Å². The standard InChI is InChI=1S/C22H24Cl2N2O2/c23-16-5-7-21(19(24)12-16)26-10-8-15(9-11-26)22(28)25-20-3-1-2-14-4-6-17(27)13-18(14)20/h1-3,5,7,12,15,17,27H,4,6,8-11,13H2,(H,25,28)/t17-/m1/s1. The topological polar surface area (TPSA) is 52.6 Å². The summed E-state index contributed by atoms with van der Waals surface area (Å²) in [6.07, 6.45) is 3.50. The lowest BCUT2D eigenvalue weighted by Crippen LogP contribution is -2.38. The van der Waals surface area contributed by atoms with Crippen LogP contribution in [-0.4, -0.2) is 30.2 Å². The summed E-state index contributed by atoms with van der Waals surface area (Å²) in [7, 11) is 0. The molecule has 1 heterocycles. The van der Waals surface area contributed by atoms with Crippen LogP contribution in [0.3, 0.4) is 0 Å². The van der Waals surface area contributed by atoms with Crippen molar-refractivity contribution in [3.8, 4) is 0 Å². The van der Waals surface area contributed by atoms with Crippen LogP contribution in [-0.2, 0) is 17.6 Å². The average Bonchev–Trinajstić information content (AvgIpc) is 2.68. The van der Waals surface area contributed by atoms with Crippen molar-refractivity contribution in [2.45, 2.75) is 38.2 Å². The number of anilines is 2. The SMILES string of the molecule is O=C(Nc1cccc2c1C[C@H](O)CC2)C1CCN(c2ccc(Cl)cc2Cl)CC1. The van der Waals surface area contributed by atoms with E-state index in [1.54, 1.807) is 6.07 Å². The van der Waals surface area contributed by atoms with Gasteiger partial charge in [-0.1, -0.05) is 35.3 Å². The summed E-state index contributed by atoms with van der Waals surface area (Å²) >= 11 is 12.3. The first-order chi connectivity index (χ1) is 13.5. The van der Waals surface area contributed by atoms with Crippen LogP contribution in [0.15, 0.2) is 36.4 Å². The van der Waals surface area contributed by atoms with E-state index in [0.717, 1.165) is 55.7 Å². The number of carbonyl (C=O) groups is 1. The Morgan fingerprint density at radius 1 is 1.11 bits per heavy atom. The maximum absolute atomic E-state index is 12.9. The molecule has 4 rings (SSSR count). The average molecular weight is 419 g/mol. The molecule has 6 heteroatoms. The molecule has 0 saturated carbocycles. The minimum atomic E-state index is -0.321. The van der Waals surface area contributed by atoms with Gasteiger partial charge in [-0.25, -0.2) is 0 Å². The number of amides is 1. The molecule has 1 atom stereocenters. The Hall–Kier alpha value is -1.75. The number of halogens is 2. The van der Waals surface area contributed by atoms with Gasteiger partial charge >= 0.3 is 0 Å². The number of hydrogen-bond donors (Lipinski definition) is 2. The maximum Gasteiger partial charge on any atom is 0.227 e. The van der Waals surface area contributed by atoms with Crippen molar-refractivity contribution < 1.29 is 9.90 Å². The van der Waals surface area contributed by atoms with Crippen LogP contribution in [0.1, 0.15) is 30.4 Å². The molecule has 1 aliphatic carbocycles. The van der Waals surface area contributed by atoms with Crippen LogP contribution in [0.2, 0.25) is 10.0 Å². The van der Waals surface area contributed by atoms with Crippen molar-refractivity contribution in [3.63, 3.8) is 0 Å². The fourth-order valence-corrected chi connectivity index (χ4v) is 4.77. The fraction of sp³-hybridized carbons (Fsp3) is 0.409. The predicted octanol–water partition coefficient (Wildman–Crippen LogP) is 4.70. The summed E-state index contributed by atoms with van der Waals surface area (Å²) in [6, 6.07) is 11.5. The Balaban J connectivity index is 1.40. The number of nitrogens with one attached hydrogen (secondary N) is 1. The van der Waals surface area contributed by atoms with Gasteiger partial charge in [0, 0.05) is 36.1 Å². The number of fused-ring (bicyclic) bond motifs is 1. The summed E-state index contributed by atoms with van der Waals surface area (Å²) in [6.45, 7) is 1.57. The highest BCUT2D eigenvalue weighted by Gasteiger charge is 2.27. The molecule has 0 bridgehead atoms. The van der Waals surface area contributed by atoms with E-state index in [1.807, 2.05) is 24.3 Å². The Morgan fingerprint density at radius 3 is 2.64 bits per heavy atom. The first kappa shape index (κ1) is 19.6. The van der Waals surface area contributed by atoms with E-state index in [4.69, 9.17) is 23.2 Å². The number of nitrogens with zero attached hydrogens (tertiary/aromatic N) is 1. The molecular weight excluding hydrogens is 395 g/mol.